The zero-order valence-electron chi connectivity index (χ0n) is 18.2. The standard InChI is InChI=1S/C20H39Si4/c1-21(2,3)16-14-17(22(4,5)6)19-15(16)13-18(23(7,8)9)20(19)24(10,11)12/h13-14,20H,1-12H3. The molecule has 0 N–H and O–H groups in total. The molecular formula is C20H39Si4. The predicted octanol–water partition coefficient (Wildman–Crippen LogP) is 6.78. The van der Waals surface area contributed by atoms with Gasteiger partial charge in [-0.1, -0.05) is 89.8 Å². The van der Waals surface area contributed by atoms with E-state index < -0.39 is 32.3 Å². The molecule has 0 spiro atoms. The largest absolute Gasteiger partial charge is 0.0833 e. The van der Waals surface area contributed by atoms with Crippen LogP contribution in [0.3, 0.4) is 0 Å². The Bertz CT molecular complexity index is 508. The predicted molar refractivity (Wildman–Crippen MR) is 122 cm³/mol. The zero-order valence-corrected chi connectivity index (χ0v) is 22.2. The van der Waals surface area contributed by atoms with Gasteiger partial charge in [0, 0.05) is 5.92 Å². The van der Waals surface area contributed by atoms with Crippen LogP contribution in [-0.2, 0) is 0 Å². The third-order valence-corrected chi connectivity index (χ3v) is 14.3. The van der Waals surface area contributed by atoms with Crippen molar-refractivity contribution in [3.8, 4) is 0 Å². The minimum atomic E-state index is -1.33. The maximum absolute atomic E-state index is 2.70. The van der Waals surface area contributed by atoms with Crippen molar-refractivity contribution < 1.29 is 0 Å². The summed E-state index contributed by atoms with van der Waals surface area (Å²) in [5, 5.41) is 1.85. The Labute approximate surface area is 156 Å². The molecule has 0 aliphatic heterocycles. The molecular weight excluding hydrogens is 353 g/mol. The van der Waals surface area contributed by atoms with E-state index in [1.54, 1.807) is 17.0 Å². The highest BCUT2D eigenvalue weighted by Gasteiger charge is 2.61. The van der Waals surface area contributed by atoms with E-state index >= 15 is 0 Å². The van der Waals surface area contributed by atoms with Crippen molar-refractivity contribution >= 4 is 32.3 Å². The molecule has 0 nitrogen and oxygen atoms in total. The van der Waals surface area contributed by atoms with Crippen LogP contribution in [0.2, 0.25) is 84.1 Å². The van der Waals surface area contributed by atoms with Crippen molar-refractivity contribution in [2.75, 3.05) is 0 Å². The van der Waals surface area contributed by atoms with Gasteiger partial charge in [0.05, 0.1) is 32.3 Å². The zero-order chi connectivity index (χ0) is 18.9. The summed E-state index contributed by atoms with van der Waals surface area (Å²) in [5.41, 5.74) is 4.30. The summed E-state index contributed by atoms with van der Waals surface area (Å²) < 4.78 is 0. The first-order valence-corrected chi connectivity index (χ1v) is 23.6. The maximum atomic E-state index is 2.70. The van der Waals surface area contributed by atoms with Crippen LogP contribution in [0, 0.1) is 29.3 Å². The number of allylic oxidation sites excluding steroid dienone is 2. The lowest BCUT2D eigenvalue weighted by molar-refractivity contribution is 0.990. The lowest BCUT2D eigenvalue weighted by Gasteiger charge is -2.42. The Balaban J connectivity index is 2.59. The Kier molecular flexibility index (Phi) is 5.28. The van der Waals surface area contributed by atoms with E-state index in [9.17, 15) is 0 Å². The van der Waals surface area contributed by atoms with Gasteiger partial charge in [-0.3, -0.25) is 0 Å². The molecule has 0 amide bonds. The normalized spacial score (nSPS) is 26.2. The van der Waals surface area contributed by atoms with E-state index in [-0.39, 0.29) is 0 Å². The summed E-state index contributed by atoms with van der Waals surface area (Å²) >= 11 is 0. The number of rotatable bonds is 4. The second-order valence-electron chi connectivity index (χ2n) is 11.9. The maximum Gasteiger partial charge on any atom is 0.0720 e. The van der Waals surface area contributed by atoms with Crippen molar-refractivity contribution in [3.05, 3.63) is 40.6 Å². The van der Waals surface area contributed by atoms with Gasteiger partial charge in [-0.15, -0.1) is 0 Å². The van der Waals surface area contributed by atoms with Crippen molar-refractivity contribution in [1.29, 1.82) is 0 Å². The van der Waals surface area contributed by atoms with Gasteiger partial charge < -0.3 is 0 Å². The molecule has 1 unspecified atom stereocenters. The smallest absolute Gasteiger partial charge is 0.0720 e. The highest BCUT2D eigenvalue weighted by Crippen LogP contribution is 2.66. The Morgan fingerprint density at radius 1 is 0.625 bits per heavy atom. The Morgan fingerprint density at radius 2 is 1.08 bits per heavy atom. The summed E-state index contributed by atoms with van der Waals surface area (Å²) in [5.74, 6) is 3.50. The molecule has 1 fully saturated rings. The Hall–Kier alpha value is 0.608. The highest BCUT2D eigenvalue weighted by molar-refractivity contribution is 6.91. The van der Waals surface area contributed by atoms with E-state index in [1.165, 1.54) is 0 Å². The second-order valence-corrected chi connectivity index (χ2v) is 32.4. The monoisotopic (exact) mass is 391 g/mol. The third-order valence-electron chi connectivity index (χ3n) is 5.41. The van der Waals surface area contributed by atoms with Crippen LogP contribution in [0.15, 0.2) is 11.3 Å². The van der Waals surface area contributed by atoms with Crippen molar-refractivity contribution in [2.45, 2.75) is 84.1 Å². The highest BCUT2D eigenvalue weighted by atomic mass is 28.3. The molecule has 2 aliphatic rings. The number of fused-ring (bicyclic) bond motifs is 1. The molecule has 0 aromatic rings. The van der Waals surface area contributed by atoms with Gasteiger partial charge in [-0.2, -0.15) is 0 Å². The molecule has 135 valence electrons. The topological polar surface area (TPSA) is 0 Å². The van der Waals surface area contributed by atoms with Crippen molar-refractivity contribution in [2.24, 2.45) is 0 Å². The van der Waals surface area contributed by atoms with Crippen LogP contribution in [0.5, 0.6) is 0 Å². The molecule has 0 heterocycles. The molecule has 0 saturated heterocycles. The van der Waals surface area contributed by atoms with E-state index in [4.69, 9.17) is 0 Å². The van der Waals surface area contributed by atoms with Gasteiger partial charge in [-0.05, 0) is 29.0 Å². The van der Waals surface area contributed by atoms with Crippen LogP contribution in [-0.4, -0.2) is 32.3 Å². The fourth-order valence-corrected chi connectivity index (χ4v) is 14.2. The SMILES string of the molecule is C[Si](C)(C)[C]1[CH][C]([Si](C)(C)C)[C]2[C]1C=C([Si](C)(C)C)C2[Si](C)(C)C. The van der Waals surface area contributed by atoms with E-state index in [0.29, 0.717) is 0 Å². The van der Waals surface area contributed by atoms with E-state index in [2.05, 4.69) is 91.1 Å². The first-order valence-electron chi connectivity index (χ1n) is 9.52. The first-order chi connectivity index (χ1) is 10.5. The minimum Gasteiger partial charge on any atom is -0.0833 e. The second kappa shape index (κ2) is 6.06. The summed E-state index contributed by atoms with van der Waals surface area (Å²) in [6.45, 7) is 30.7. The molecule has 2 aliphatic carbocycles. The lowest BCUT2D eigenvalue weighted by atomic mass is 9.99. The molecule has 5 radical (unpaired) electrons. The van der Waals surface area contributed by atoms with Crippen LogP contribution < -0.4 is 0 Å². The molecule has 4 heteroatoms. The molecule has 0 aromatic heterocycles. The van der Waals surface area contributed by atoms with Gasteiger partial charge in [0.1, 0.15) is 0 Å². The minimum absolute atomic E-state index is 0.769. The number of hydrogen-bond acceptors (Lipinski definition) is 0. The first kappa shape index (κ1) is 20.9. The van der Waals surface area contributed by atoms with Crippen LogP contribution in [0.1, 0.15) is 0 Å². The van der Waals surface area contributed by atoms with E-state index in [1.807, 2.05) is 11.1 Å². The third kappa shape index (κ3) is 3.81. The summed E-state index contributed by atoms with van der Waals surface area (Å²) in [7, 11) is -5.24. The van der Waals surface area contributed by atoms with E-state index in [0.717, 1.165) is 5.54 Å². The quantitative estimate of drug-likeness (QED) is 0.463. The number of hydrogen-bond donors (Lipinski definition) is 0. The molecule has 2 rings (SSSR count). The van der Waals surface area contributed by atoms with Gasteiger partial charge >= 0.3 is 0 Å². The molecule has 0 bridgehead atoms. The molecule has 24 heavy (non-hydrogen) atoms. The molecule has 1 atom stereocenters. The van der Waals surface area contributed by atoms with Crippen LogP contribution in [0.25, 0.3) is 0 Å². The average Bonchev–Trinajstić information content (AvgIpc) is 2.77. The summed E-state index contributed by atoms with van der Waals surface area (Å²) in [4.78, 5) is 0. The lowest BCUT2D eigenvalue weighted by Crippen LogP contribution is -2.43. The van der Waals surface area contributed by atoms with Crippen molar-refractivity contribution in [3.63, 3.8) is 0 Å². The summed E-state index contributed by atoms with van der Waals surface area (Å²) in [6, 6.07) is 0. The average molecular weight is 392 g/mol. The van der Waals surface area contributed by atoms with Gasteiger partial charge in [0.15, 0.2) is 0 Å². The van der Waals surface area contributed by atoms with Crippen LogP contribution in [0.4, 0.5) is 0 Å². The Morgan fingerprint density at radius 3 is 1.42 bits per heavy atom. The summed E-state index contributed by atoms with van der Waals surface area (Å²) in [6.07, 6.45) is 5.37. The van der Waals surface area contributed by atoms with Gasteiger partial charge in [0.2, 0.25) is 0 Å². The molecule has 1 saturated carbocycles. The van der Waals surface area contributed by atoms with Crippen LogP contribution >= 0.6 is 0 Å². The fourth-order valence-electron chi connectivity index (χ4n) is 4.24. The molecule has 0 aromatic carbocycles. The fraction of sp³-hybridized carbons (Fsp3) is 0.650. The van der Waals surface area contributed by atoms with Gasteiger partial charge in [0.25, 0.3) is 0 Å². The van der Waals surface area contributed by atoms with Gasteiger partial charge in [-0.25, -0.2) is 0 Å². The van der Waals surface area contributed by atoms with Crippen molar-refractivity contribution in [1.82, 2.24) is 0 Å².